The van der Waals surface area contributed by atoms with Gasteiger partial charge in [0.25, 0.3) is 0 Å². The van der Waals surface area contributed by atoms with E-state index in [-0.39, 0.29) is 0 Å². The van der Waals surface area contributed by atoms with Gasteiger partial charge in [0.05, 0.1) is 11.3 Å². The summed E-state index contributed by atoms with van der Waals surface area (Å²) in [5.41, 5.74) is 1.98. The predicted molar refractivity (Wildman–Crippen MR) is 71.3 cm³/mol. The molecule has 0 spiro atoms. The molecular weight excluding hydrogens is 242 g/mol. The first kappa shape index (κ1) is 11.5. The van der Waals surface area contributed by atoms with Crippen molar-refractivity contribution >= 4 is 17.8 Å². The van der Waals surface area contributed by atoms with Crippen LogP contribution in [0, 0.1) is 0 Å². The number of hydrogen-bond donors (Lipinski definition) is 0. The van der Waals surface area contributed by atoms with Crippen LogP contribution in [0.15, 0.2) is 57.6 Å². The van der Waals surface area contributed by atoms with Gasteiger partial charge >= 0.3 is 5.97 Å². The van der Waals surface area contributed by atoms with Gasteiger partial charge < -0.3 is 9.25 Å². The van der Waals surface area contributed by atoms with Gasteiger partial charge in [-0.3, -0.25) is 0 Å². The van der Waals surface area contributed by atoms with Crippen LogP contribution in [0.4, 0.5) is 0 Å². The summed E-state index contributed by atoms with van der Waals surface area (Å²) in [6.45, 7) is 1.72. The molecular formula is C15H11NO3. The Morgan fingerprint density at radius 1 is 1.11 bits per heavy atom. The average Bonchev–Trinajstić information content (AvgIpc) is 3.02. The standard InChI is InChI=1S/C15H11NO3/c1-10-13(15(17)19-16-10)9-12-7-8-14(18-12)11-5-3-2-4-6-11/h2-9H,1H3/b13-9-. The minimum Gasteiger partial charge on any atom is -0.457 e. The first-order valence-electron chi connectivity index (χ1n) is 5.87. The number of furan rings is 1. The van der Waals surface area contributed by atoms with Crippen LogP contribution in [0.2, 0.25) is 0 Å². The molecule has 1 aromatic carbocycles. The maximum absolute atomic E-state index is 11.4. The quantitative estimate of drug-likeness (QED) is 0.609. The van der Waals surface area contributed by atoms with E-state index in [0.717, 1.165) is 11.3 Å². The monoisotopic (exact) mass is 253 g/mol. The fraction of sp³-hybridized carbons (Fsp3) is 0.0667. The molecule has 0 saturated carbocycles. The third-order valence-corrected chi connectivity index (χ3v) is 2.85. The Balaban J connectivity index is 1.93. The highest BCUT2D eigenvalue weighted by atomic mass is 16.7. The number of carbonyl (C=O) groups is 1. The van der Waals surface area contributed by atoms with Gasteiger partial charge in [0, 0.05) is 5.56 Å². The van der Waals surface area contributed by atoms with Crippen molar-refractivity contribution in [3.63, 3.8) is 0 Å². The number of nitrogens with zero attached hydrogens (tertiary/aromatic N) is 1. The summed E-state index contributed by atoms with van der Waals surface area (Å²) in [4.78, 5) is 16.0. The van der Waals surface area contributed by atoms with Crippen molar-refractivity contribution in [3.8, 4) is 11.3 Å². The van der Waals surface area contributed by atoms with E-state index < -0.39 is 5.97 Å². The molecule has 0 N–H and O–H groups in total. The molecule has 3 rings (SSSR count). The molecule has 0 unspecified atom stereocenters. The van der Waals surface area contributed by atoms with Crippen molar-refractivity contribution < 1.29 is 14.0 Å². The van der Waals surface area contributed by atoms with E-state index in [9.17, 15) is 4.79 Å². The van der Waals surface area contributed by atoms with E-state index in [1.165, 1.54) is 0 Å². The molecule has 1 aliphatic rings. The lowest BCUT2D eigenvalue weighted by Crippen LogP contribution is -2.01. The Bertz CT molecular complexity index is 680. The molecule has 0 aliphatic carbocycles. The van der Waals surface area contributed by atoms with Gasteiger partial charge in [-0.15, -0.1) is 0 Å². The lowest BCUT2D eigenvalue weighted by Gasteiger charge is -1.95. The number of hydrogen-bond acceptors (Lipinski definition) is 4. The van der Waals surface area contributed by atoms with Gasteiger partial charge in [0.15, 0.2) is 0 Å². The molecule has 2 aromatic rings. The topological polar surface area (TPSA) is 51.8 Å². The highest BCUT2D eigenvalue weighted by Gasteiger charge is 2.22. The SMILES string of the molecule is CC1=NOC(=O)/C1=C\c1ccc(-c2ccccc2)o1. The van der Waals surface area contributed by atoms with Gasteiger partial charge in [-0.1, -0.05) is 35.5 Å². The van der Waals surface area contributed by atoms with Gasteiger partial charge in [0.1, 0.15) is 11.5 Å². The van der Waals surface area contributed by atoms with Gasteiger partial charge in [-0.25, -0.2) is 4.79 Å². The summed E-state index contributed by atoms with van der Waals surface area (Å²) >= 11 is 0. The van der Waals surface area contributed by atoms with Crippen LogP contribution >= 0.6 is 0 Å². The second-order valence-electron chi connectivity index (χ2n) is 4.18. The van der Waals surface area contributed by atoms with Crippen LogP contribution in [0.3, 0.4) is 0 Å². The van der Waals surface area contributed by atoms with Crippen molar-refractivity contribution in [2.75, 3.05) is 0 Å². The lowest BCUT2D eigenvalue weighted by molar-refractivity contribution is -0.136. The van der Waals surface area contributed by atoms with Crippen molar-refractivity contribution in [2.45, 2.75) is 6.92 Å². The summed E-state index contributed by atoms with van der Waals surface area (Å²) in [5.74, 6) is 0.908. The molecule has 0 saturated heterocycles. The van der Waals surface area contributed by atoms with Crippen LogP contribution < -0.4 is 0 Å². The maximum atomic E-state index is 11.4. The maximum Gasteiger partial charge on any atom is 0.367 e. The summed E-state index contributed by atoms with van der Waals surface area (Å²) in [6.07, 6.45) is 1.64. The zero-order chi connectivity index (χ0) is 13.2. The summed E-state index contributed by atoms with van der Waals surface area (Å²) in [6, 6.07) is 13.5. The lowest BCUT2D eigenvalue weighted by atomic mass is 10.1. The Morgan fingerprint density at radius 3 is 2.58 bits per heavy atom. The fourth-order valence-corrected chi connectivity index (χ4v) is 1.85. The normalized spacial score (nSPS) is 16.6. The van der Waals surface area contributed by atoms with Crippen LogP contribution in [-0.4, -0.2) is 11.7 Å². The van der Waals surface area contributed by atoms with Gasteiger partial charge in [-0.2, -0.15) is 0 Å². The Morgan fingerprint density at radius 2 is 1.89 bits per heavy atom. The third kappa shape index (κ3) is 2.20. The van der Waals surface area contributed by atoms with Crippen molar-refractivity contribution in [2.24, 2.45) is 5.16 Å². The van der Waals surface area contributed by atoms with Crippen LogP contribution in [0.1, 0.15) is 12.7 Å². The molecule has 0 radical (unpaired) electrons. The fourth-order valence-electron chi connectivity index (χ4n) is 1.85. The predicted octanol–water partition coefficient (Wildman–Crippen LogP) is 3.26. The molecule has 1 aromatic heterocycles. The summed E-state index contributed by atoms with van der Waals surface area (Å²) in [7, 11) is 0. The van der Waals surface area contributed by atoms with Crippen molar-refractivity contribution in [1.82, 2.24) is 0 Å². The molecule has 4 heteroatoms. The van der Waals surface area contributed by atoms with Crippen LogP contribution in [0.25, 0.3) is 17.4 Å². The summed E-state index contributed by atoms with van der Waals surface area (Å²) < 4.78 is 5.69. The number of oxime groups is 1. The van der Waals surface area contributed by atoms with Gasteiger partial charge in [-0.05, 0) is 25.1 Å². The number of benzene rings is 1. The molecule has 19 heavy (non-hydrogen) atoms. The number of rotatable bonds is 2. The smallest absolute Gasteiger partial charge is 0.367 e. The van der Waals surface area contributed by atoms with Crippen LogP contribution in [-0.2, 0) is 9.63 Å². The average molecular weight is 253 g/mol. The second-order valence-corrected chi connectivity index (χ2v) is 4.18. The minimum atomic E-state index is -0.449. The van der Waals surface area contributed by atoms with E-state index in [4.69, 9.17) is 4.42 Å². The molecule has 0 amide bonds. The molecule has 0 atom stereocenters. The minimum absolute atomic E-state index is 0.425. The first-order valence-corrected chi connectivity index (χ1v) is 5.87. The zero-order valence-corrected chi connectivity index (χ0v) is 10.3. The summed E-state index contributed by atoms with van der Waals surface area (Å²) in [5, 5.41) is 3.62. The molecule has 0 fully saturated rings. The van der Waals surface area contributed by atoms with E-state index in [1.54, 1.807) is 13.0 Å². The Kier molecular flexibility index (Phi) is 2.76. The number of carbonyl (C=O) groups excluding carboxylic acids is 1. The molecule has 94 valence electrons. The molecule has 1 aliphatic heterocycles. The van der Waals surface area contributed by atoms with E-state index in [1.807, 2.05) is 42.5 Å². The van der Waals surface area contributed by atoms with Crippen LogP contribution in [0.5, 0.6) is 0 Å². The largest absolute Gasteiger partial charge is 0.457 e. The molecule has 0 bridgehead atoms. The van der Waals surface area contributed by atoms with E-state index >= 15 is 0 Å². The van der Waals surface area contributed by atoms with Crippen molar-refractivity contribution in [3.05, 3.63) is 53.8 Å². The third-order valence-electron chi connectivity index (χ3n) is 2.85. The highest BCUT2D eigenvalue weighted by molar-refractivity contribution is 6.24. The Hall–Kier alpha value is -2.62. The zero-order valence-electron chi connectivity index (χ0n) is 10.3. The molecule has 2 heterocycles. The Labute approximate surface area is 110 Å². The highest BCUT2D eigenvalue weighted by Crippen LogP contribution is 2.24. The molecule has 4 nitrogen and oxygen atoms in total. The van der Waals surface area contributed by atoms with E-state index in [0.29, 0.717) is 17.0 Å². The van der Waals surface area contributed by atoms with Gasteiger partial charge in [0.2, 0.25) is 0 Å². The van der Waals surface area contributed by atoms with Crippen molar-refractivity contribution in [1.29, 1.82) is 0 Å². The van der Waals surface area contributed by atoms with E-state index in [2.05, 4.69) is 9.99 Å². The first-order chi connectivity index (χ1) is 9.24. The second kappa shape index (κ2) is 4.57.